The maximum atomic E-state index is 4.41. The van der Waals surface area contributed by atoms with Crippen LogP contribution in [-0.2, 0) is 0 Å². The van der Waals surface area contributed by atoms with Crippen molar-refractivity contribution < 1.29 is 0 Å². The molecule has 0 spiro atoms. The fourth-order valence-corrected chi connectivity index (χ4v) is 3.98. The minimum atomic E-state index is 0.359. The average Bonchev–Trinajstić information content (AvgIpc) is 3.00. The van der Waals surface area contributed by atoms with Gasteiger partial charge in [-0.25, -0.2) is 0 Å². The summed E-state index contributed by atoms with van der Waals surface area (Å²) in [6.07, 6.45) is 8.72. The van der Waals surface area contributed by atoms with Crippen LogP contribution in [0.5, 0.6) is 0 Å². The van der Waals surface area contributed by atoms with E-state index in [1.807, 2.05) is 12.1 Å². The van der Waals surface area contributed by atoms with Gasteiger partial charge in [0.2, 0.25) is 0 Å². The molecule has 1 N–H and O–H groups in total. The molecule has 5 heteroatoms. The van der Waals surface area contributed by atoms with E-state index >= 15 is 0 Å². The Morgan fingerprint density at radius 3 is 3.00 bits per heavy atom. The highest BCUT2D eigenvalue weighted by atomic mass is 79.9. The third kappa shape index (κ3) is 1.99. The number of nitrogens with one attached hydrogen (secondary N) is 1. The maximum Gasteiger partial charge on any atom is 0.160 e. The fourth-order valence-electron chi connectivity index (χ4n) is 3.64. The number of fused-ring (bicyclic) bond motifs is 2. The van der Waals surface area contributed by atoms with Crippen LogP contribution in [0.15, 0.2) is 22.8 Å². The minimum absolute atomic E-state index is 0.359. The van der Waals surface area contributed by atoms with Crippen LogP contribution >= 0.6 is 15.9 Å². The van der Waals surface area contributed by atoms with Gasteiger partial charge in [0.05, 0.1) is 6.04 Å². The van der Waals surface area contributed by atoms with Gasteiger partial charge in [0.15, 0.2) is 11.5 Å². The molecule has 0 amide bonds. The Bertz CT molecular complexity index is 595. The SMILES string of the molecule is Brc1ccc2nnc(C3CC4CCCCC4N3)n2c1. The van der Waals surface area contributed by atoms with Gasteiger partial charge in [-0.1, -0.05) is 12.8 Å². The highest BCUT2D eigenvalue weighted by Gasteiger charge is 2.37. The molecule has 2 aliphatic rings. The van der Waals surface area contributed by atoms with E-state index in [2.05, 4.69) is 42.0 Å². The third-order valence-electron chi connectivity index (χ3n) is 4.57. The highest BCUT2D eigenvalue weighted by molar-refractivity contribution is 9.10. The van der Waals surface area contributed by atoms with Crippen LogP contribution in [0.1, 0.15) is 44.0 Å². The molecule has 19 heavy (non-hydrogen) atoms. The minimum Gasteiger partial charge on any atom is -0.304 e. The summed E-state index contributed by atoms with van der Waals surface area (Å²) in [6.45, 7) is 0. The number of nitrogens with zero attached hydrogens (tertiary/aromatic N) is 3. The second-order valence-electron chi connectivity index (χ2n) is 5.74. The quantitative estimate of drug-likeness (QED) is 0.878. The summed E-state index contributed by atoms with van der Waals surface area (Å²) < 4.78 is 3.18. The zero-order chi connectivity index (χ0) is 12.8. The summed E-state index contributed by atoms with van der Waals surface area (Å²) in [7, 11) is 0. The predicted molar refractivity (Wildman–Crippen MR) is 76.9 cm³/mol. The molecular weight excluding hydrogens is 304 g/mol. The van der Waals surface area contributed by atoms with E-state index in [1.165, 1.54) is 32.1 Å². The fraction of sp³-hybridized carbons (Fsp3) is 0.571. The Hall–Kier alpha value is -0.940. The standard InChI is InChI=1S/C14H17BrN4/c15-10-5-6-13-17-18-14(19(13)8-10)12-7-9-3-1-2-4-11(9)16-12/h5-6,8-9,11-12,16H,1-4,7H2. The van der Waals surface area contributed by atoms with Crippen molar-refractivity contribution in [3.05, 3.63) is 28.6 Å². The first-order chi connectivity index (χ1) is 9.31. The summed E-state index contributed by atoms with van der Waals surface area (Å²) in [6, 6.07) is 5.06. The molecule has 3 atom stereocenters. The first kappa shape index (κ1) is 11.9. The van der Waals surface area contributed by atoms with Crippen molar-refractivity contribution in [1.29, 1.82) is 0 Å². The van der Waals surface area contributed by atoms with E-state index < -0.39 is 0 Å². The van der Waals surface area contributed by atoms with E-state index in [1.54, 1.807) is 0 Å². The van der Waals surface area contributed by atoms with Crippen molar-refractivity contribution in [3.8, 4) is 0 Å². The molecule has 100 valence electrons. The highest BCUT2D eigenvalue weighted by Crippen LogP contribution is 2.38. The summed E-state index contributed by atoms with van der Waals surface area (Å²) in [5.41, 5.74) is 0.926. The number of hydrogen-bond donors (Lipinski definition) is 1. The Kier molecular flexibility index (Phi) is 2.84. The molecule has 0 bridgehead atoms. The van der Waals surface area contributed by atoms with Crippen LogP contribution < -0.4 is 5.32 Å². The molecule has 1 aliphatic carbocycles. The number of aromatic nitrogens is 3. The molecule has 2 aromatic rings. The normalized spacial score (nSPS) is 30.7. The summed E-state index contributed by atoms with van der Waals surface area (Å²) >= 11 is 3.52. The van der Waals surface area contributed by atoms with Crippen LogP contribution in [0.2, 0.25) is 0 Å². The van der Waals surface area contributed by atoms with Crippen LogP contribution in [0.25, 0.3) is 5.65 Å². The van der Waals surface area contributed by atoms with Gasteiger partial charge in [0, 0.05) is 16.7 Å². The molecule has 1 aliphatic heterocycles. The van der Waals surface area contributed by atoms with Gasteiger partial charge in [-0.2, -0.15) is 0 Å². The molecule has 2 aromatic heterocycles. The summed E-state index contributed by atoms with van der Waals surface area (Å²) in [5, 5.41) is 12.4. The van der Waals surface area contributed by atoms with Gasteiger partial charge in [-0.3, -0.25) is 4.40 Å². The van der Waals surface area contributed by atoms with Crippen molar-refractivity contribution in [2.75, 3.05) is 0 Å². The first-order valence-corrected chi connectivity index (χ1v) is 7.87. The lowest BCUT2D eigenvalue weighted by Gasteiger charge is -2.24. The van der Waals surface area contributed by atoms with Crippen molar-refractivity contribution >= 4 is 21.6 Å². The van der Waals surface area contributed by atoms with Crippen molar-refractivity contribution in [2.24, 2.45) is 5.92 Å². The molecule has 1 saturated heterocycles. The maximum absolute atomic E-state index is 4.41. The van der Waals surface area contributed by atoms with E-state index in [0.29, 0.717) is 12.1 Å². The van der Waals surface area contributed by atoms with E-state index in [0.717, 1.165) is 21.9 Å². The summed E-state index contributed by atoms with van der Waals surface area (Å²) in [5.74, 6) is 1.89. The Morgan fingerprint density at radius 2 is 2.11 bits per heavy atom. The monoisotopic (exact) mass is 320 g/mol. The van der Waals surface area contributed by atoms with E-state index in [4.69, 9.17) is 0 Å². The van der Waals surface area contributed by atoms with Crippen LogP contribution in [0, 0.1) is 5.92 Å². The molecule has 2 fully saturated rings. The summed E-state index contributed by atoms with van der Waals surface area (Å²) in [4.78, 5) is 0. The molecule has 0 radical (unpaired) electrons. The number of rotatable bonds is 1. The molecule has 3 heterocycles. The molecule has 4 rings (SSSR count). The molecule has 4 nitrogen and oxygen atoms in total. The third-order valence-corrected chi connectivity index (χ3v) is 5.04. The van der Waals surface area contributed by atoms with Crippen LogP contribution in [0.4, 0.5) is 0 Å². The van der Waals surface area contributed by atoms with Gasteiger partial charge in [0.1, 0.15) is 0 Å². The second-order valence-corrected chi connectivity index (χ2v) is 6.66. The lowest BCUT2D eigenvalue weighted by atomic mass is 9.85. The van der Waals surface area contributed by atoms with Gasteiger partial charge < -0.3 is 5.32 Å². The molecule has 3 unspecified atom stereocenters. The lowest BCUT2D eigenvalue weighted by molar-refractivity contribution is 0.325. The van der Waals surface area contributed by atoms with Crippen LogP contribution in [0.3, 0.4) is 0 Å². The smallest absolute Gasteiger partial charge is 0.160 e. The first-order valence-electron chi connectivity index (χ1n) is 7.07. The topological polar surface area (TPSA) is 42.2 Å². The molecular formula is C14H17BrN4. The van der Waals surface area contributed by atoms with Gasteiger partial charge >= 0.3 is 0 Å². The predicted octanol–water partition coefficient (Wildman–Crippen LogP) is 3.09. The Labute approximate surface area is 120 Å². The van der Waals surface area contributed by atoms with Crippen molar-refractivity contribution in [1.82, 2.24) is 19.9 Å². The lowest BCUT2D eigenvalue weighted by Crippen LogP contribution is -2.30. The average molecular weight is 321 g/mol. The zero-order valence-corrected chi connectivity index (χ0v) is 12.3. The van der Waals surface area contributed by atoms with Crippen molar-refractivity contribution in [2.45, 2.75) is 44.2 Å². The zero-order valence-electron chi connectivity index (χ0n) is 10.7. The van der Waals surface area contributed by atoms with E-state index in [-0.39, 0.29) is 0 Å². The molecule has 1 saturated carbocycles. The molecule has 0 aromatic carbocycles. The van der Waals surface area contributed by atoms with Gasteiger partial charge in [0.25, 0.3) is 0 Å². The number of hydrogen-bond acceptors (Lipinski definition) is 3. The second kappa shape index (κ2) is 4.56. The Morgan fingerprint density at radius 1 is 1.21 bits per heavy atom. The van der Waals surface area contributed by atoms with E-state index in [9.17, 15) is 0 Å². The Balaban J connectivity index is 1.69. The van der Waals surface area contributed by atoms with Crippen LogP contribution in [-0.4, -0.2) is 20.6 Å². The number of halogens is 1. The van der Waals surface area contributed by atoms with Gasteiger partial charge in [-0.15, -0.1) is 10.2 Å². The largest absolute Gasteiger partial charge is 0.304 e. The van der Waals surface area contributed by atoms with Crippen molar-refractivity contribution in [3.63, 3.8) is 0 Å². The number of pyridine rings is 1. The van der Waals surface area contributed by atoms with Gasteiger partial charge in [-0.05, 0) is 53.2 Å².